The monoisotopic (exact) mass is 556 g/mol. The molecule has 0 bridgehead atoms. The largest absolute Gasteiger partial charge is 0.438 e. The molecule has 12 heteroatoms. The van der Waals surface area contributed by atoms with Crippen LogP contribution in [0.1, 0.15) is 22.7 Å². The minimum absolute atomic E-state index is 0.0394. The van der Waals surface area contributed by atoms with Gasteiger partial charge in [-0.2, -0.15) is 18.4 Å². The molecule has 5 heterocycles. The van der Waals surface area contributed by atoms with Gasteiger partial charge in [0.1, 0.15) is 22.2 Å². The van der Waals surface area contributed by atoms with E-state index in [2.05, 4.69) is 9.97 Å². The van der Waals surface area contributed by atoms with Gasteiger partial charge in [0.2, 0.25) is 5.88 Å². The number of aromatic nitrogens is 2. The number of benzene rings is 1. The molecule has 3 N–H and O–H groups in total. The summed E-state index contributed by atoms with van der Waals surface area (Å²) in [6.07, 6.45) is -4.67. The Bertz CT molecular complexity index is 1850. The standard InChI is InChI=1S/C25H12ClF3N4O2S2/c26-11-5-3-10(4-6-11)16-13(9-30)22(31)35-20-18(16)23(34)33-19-17-12(14-2-1-7-36-14)8-15(25(27,28)29)32-24(17)37-21(19)20/h1-8,16H,31H2,(H,33,34). The third-order valence-corrected chi connectivity index (χ3v) is 8.29. The quantitative estimate of drug-likeness (QED) is 0.250. The minimum Gasteiger partial charge on any atom is -0.438 e. The van der Waals surface area contributed by atoms with Crippen molar-refractivity contribution in [1.29, 1.82) is 5.26 Å². The van der Waals surface area contributed by atoms with E-state index >= 15 is 0 Å². The molecule has 184 valence electrons. The van der Waals surface area contributed by atoms with Crippen LogP contribution in [0.3, 0.4) is 0 Å². The Morgan fingerprint density at radius 3 is 2.62 bits per heavy atom. The number of aromatic amines is 1. The predicted molar refractivity (Wildman–Crippen MR) is 137 cm³/mol. The fraction of sp³-hybridized carbons (Fsp3) is 0.0800. The SMILES string of the molecule is N#CC1=C(N)Oc2c(c(=O)[nH]c3c2sc2nc(C(F)(F)F)cc(-c4cccs4)c23)C1c1ccc(Cl)cc1. The van der Waals surface area contributed by atoms with E-state index in [-0.39, 0.29) is 33.1 Å². The number of allylic oxidation sites excluding steroid dienone is 1. The van der Waals surface area contributed by atoms with Crippen LogP contribution >= 0.6 is 34.3 Å². The Kier molecular flexibility index (Phi) is 5.31. The van der Waals surface area contributed by atoms with Crippen LogP contribution in [-0.4, -0.2) is 9.97 Å². The summed E-state index contributed by atoms with van der Waals surface area (Å²) in [6.45, 7) is 0. The third kappa shape index (κ3) is 3.68. The molecule has 1 aromatic carbocycles. The van der Waals surface area contributed by atoms with Crippen LogP contribution in [0.2, 0.25) is 5.02 Å². The lowest BCUT2D eigenvalue weighted by atomic mass is 9.84. The first-order valence-corrected chi connectivity index (χ1v) is 12.7. The highest BCUT2D eigenvalue weighted by Gasteiger charge is 2.37. The summed E-state index contributed by atoms with van der Waals surface area (Å²) in [6, 6.07) is 13.0. The van der Waals surface area contributed by atoms with E-state index in [0.717, 1.165) is 17.4 Å². The van der Waals surface area contributed by atoms with Gasteiger partial charge in [0.05, 0.1) is 21.7 Å². The van der Waals surface area contributed by atoms with Gasteiger partial charge in [-0.3, -0.25) is 4.79 Å². The van der Waals surface area contributed by atoms with Crippen LogP contribution in [0, 0.1) is 11.3 Å². The van der Waals surface area contributed by atoms with Gasteiger partial charge in [0, 0.05) is 20.8 Å². The Labute approximate surface area is 219 Å². The topological polar surface area (TPSA) is 105 Å². The molecule has 1 unspecified atom stereocenters. The summed E-state index contributed by atoms with van der Waals surface area (Å²) < 4.78 is 47.4. The lowest BCUT2D eigenvalue weighted by molar-refractivity contribution is -0.140. The summed E-state index contributed by atoms with van der Waals surface area (Å²) in [5, 5.41) is 12.4. The molecular formula is C25H12ClF3N4O2S2. The van der Waals surface area contributed by atoms with Crippen molar-refractivity contribution in [1.82, 2.24) is 9.97 Å². The number of alkyl halides is 3. The second-order valence-electron chi connectivity index (χ2n) is 8.19. The second-order valence-corrected chi connectivity index (χ2v) is 10.6. The van der Waals surface area contributed by atoms with E-state index in [1.807, 2.05) is 6.07 Å². The molecule has 6 nitrogen and oxygen atoms in total. The minimum atomic E-state index is -4.67. The summed E-state index contributed by atoms with van der Waals surface area (Å²) in [4.78, 5) is 20.9. The molecule has 4 aromatic heterocycles. The van der Waals surface area contributed by atoms with Crippen molar-refractivity contribution in [2.24, 2.45) is 5.73 Å². The molecule has 0 aliphatic carbocycles. The molecule has 1 aliphatic rings. The molecule has 5 aromatic rings. The number of fused-ring (bicyclic) bond motifs is 5. The Morgan fingerprint density at radius 1 is 1.22 bits per heavy atom. The lowest BCUT2D eigenvalue weighted by Crippen LogP contribution is -2.27. The fourth-order valence-corrected chi connectivity index (χ4v) is 6.50. The zero-order chi connectivity index (χ0) is 26.1. The van der Waals surface area contributed by atoms with Crippen molar-refractivity contribution in [2.45, 2.75) is 12.1 Å². The van der Waals surface area contributed by atoms with Gasteiger partial charge in [-0.25, -0.2) is 4.98 Å². The summed E-state index contributed by atoms with van der Waals surface area (Å²) in [5.74, 6) is -0.967. The maximum Gasteiger partial charge on any atom is 0.433 e. The molecule has 6 rings (SSSR count). The van der Waals surface area contributed by atoms with Gasteiger partial charge >= 0.3 is 6.18 Å². The van der Waals surface area contributed by atoms with Crippen LogP contribution in [0.4, 0.5) is 13.2 Å². The van der Waals surface area contributed by atoms with Crippen molar-refractivity contribution < 1.29 is 17.9 Å². The maximum absolute atomic E-state index is 13.7. The van der Waals surface area contributed by atoms with Crippen molar-refractivity contribution in [2.75, 3.05) is 0 Å². The van der Waals surface area contributed by atoms with Gasteiger partial charge in [-0.15, -0.1) is 22.7 Å². The Morgan fingerprint density at radius 2 is 1.97 bits per heavy atom. The smallest absolute Gasteiger partial charge is 0.433 e. The van der Waals surface area contributed by atoms with Gasteiger partial charge in [-0.05, 0) is 35.2 Å². The van der Waals surface area contributed by atoms with Crippen molar-refractivity contribution in [3.8, 4) is 22.3 Å². The molecule has 0 saturated heterocycles. The van der Waals surface area contributed by atoms with Crippen molar-refractivity contribution in [3.05, 3.63) is 91.5 Å². The Hall–Kier alpha value is -3.85. The fourth-order valence-electron chi connectivity index (χ4n) is 4.48. The first-order valence-electron chi connectivity index (χ1n) is 10.6. The number of H-pyrrole nitrogens is 1. The number of nitrogens with one attached hydrogen (secondary N) is 1. The van der Waals surface area contributed by atoms with Gasteiger partial charge in [0.25, 0.3) is 5.56 Å². The molecular weight excluding hydrogens is 545 g/mol. The summed E-state index contributed by atoms with van der Waals surface area (Å²) in [5.41, 5.74) is 5.85. The number of pyridine rings is 2. The first-order chi connectivity index (χ1) is 17.7. The third-order valence-electron chi connectivity index (χ3n) is 6.05. The number of halogens is 4. The van der Waals surface area contributed by atoms with Crippen LogP contribution < -0.4 is 16.0 Å². The van der Waals surface area contributed by atoms with Gasteiger partial charge < -0.3 is 15.5 Å². The average Bonchev–Trinajstić information content (AvgIpc) is 3.51. The van der Waals surface area contributed by atoms with Gasteiger partial charge in [-0.1, -0.05) is 29.8 Å². The molecule has 0 fully saturated rings. The predicted octanol–water partition coefficient (Wildman–Crippen LogP) is 6.76. The molecule has 0 saturated carbocycles. The van der Waals surface area contributed by atoms with Crippen LogP contribution in [0.25, 0.3) is 30.9 Å². The number of hydrogen-bond acceptors (Lipinski definition) is 7. The number of ether oxygens (including phenoxy) is 1. The summed E-state index contributed by atoms with van der Waals surface area (Å²) in [7, 11) is 0. The van der Waals surface area contributed by atoms with E-state index < -0.39 is 23.3 Å². The Balaban J connectivity index is 1.71. The van der Waals surface area contributed by atoms with Gasteiger partial charge in [0.15, 0.2) is 5.75 Å². The molecule has 1 atom stereocenters. The lowest BCUT2D eigenvalue weighted by Gasteiger charge is -2.25. The van der Waals surface area contributed by atoms with Crippen molar-refractivity contribution >= 4 is 54.7 Å². The highest BCUT2D eigenvalue weighted by Crippen LogP contribution is 2.49. The maximum atomic E-state index is 13.7. The number of nitrogens with two attached hydrogens (primary N) is 1. The number of thiophene rings is 2. The zero-order valence-corrected chi connectivity index (χ0v) is 20.7. The van der Waals surface area contributed by atoms with Crippen molar-refractivity contribution in [3.63, 3.8) is 0 Å². The second kappa shape index (κ2) is 8.34. The number of rotatable bonds is 2. The van der Waals surface area contributed by atoms with E-state index in [1.54, 1.807) is 41.8 Å². The molecule has 0 amide bonds. The van der Waals surface area contributed by atoms with Crippen LogP contribution in [0.15, 0.2) is 64.1 Å². The normalized spacial score (nSPS) is 15.6. The molecule has 0 radical (unpaired) electrons. The number of hydrogen-bond donors (Lipinski definition) is 2. The average molecular weight is 557 g/mol. The van der Waals surface area contributed by atoms with Crippen LogP contribution in [0.5, 0.6) is 5.75 Å². The van der Waals surface area contributed by atoms with E-state index in [4.69, 9.17) is 22.1 Å². The van der Waals surface area contributed by atoms with Crippen LogP contribution in [-0.2, 0) is 6.18 Å². The highest BCUT2D eigenvalue weighted by molar-refractivity contribution is 7.26. The molecule has 37 heavy (non-hydrogen) atoms. The first kappa shape index (κ1) is 23.5. The highest BCUT2D eigenvalue weighted by atomic mass is 35.5. The summed E-state index contributed by atoms with van der Waals surface area (Å²) >= 11 is 8.25. The molecule has 1 aliphatic heterocycles. The van der Waals surface area contributed by atoms with E-state index in [9.17, 15) is 23.2 Å². The zero-order valence-electron chi connectivity index (χ0n) is 18.3. The van der Waals surface area contributed by atoms with E-state index in [1.165, 1.54) is 11.3 Å². The number of nitrogens with zero attached hydrogens (tertiary/aromatic N) is 2. The number of nitriles is 1. The molecule has 0 spiro atoms. The van der Waals surface area contributed by atoms with E-state index in [0.29, 0.717) is 31.1 Å².